The molecule has 0 saturated heterocycles. The Morgan fingerprint density at radius 1 is 1.17 bits per heavy atom. The highest BCUT2D eigenvalue weighted by Gasteiger charge is 2.21. The van der Waals surface area contributed by atoms with Crippen LogP contribution in [-0.2, 0) is 0 Å². The fourth-order valence-corrected chi connectivity index (χ4v) is 2.75. The van der Waals surface area contributed by atoms with Crippen LogP contribution in [0.2, 0.25) is 0 Å². The third-order valence-corrected chi connectivity index (χ3v) is 3.70. The molecule has 0 bridgehead atoms. The third-order valence-electron chi connectivity index (χ3n) is 2.91. The number of fused-ring (bicyclic) bond motifs is 2. The van der Waals surface area contributed by atoms with Gasteiger partial charge >= 0.3 is 0 Å². The Balaban J connectivity index is 2.43. The van der Waals surface area contributed by atoms with E-state index in [0.29, 0.717) is 23.3 Å². The molecule has 0 saturated carbocycles. The van der Waals surface area contributed by atoms with Crippen molar-refractivity contribution in [2.45, 2.75) is 6.42 Å². The van der Waals surface area contributed by atoms with Gasteiger partial charge in [0.25, 0.3) is 0 Å². The molecule has 0 atom stereocenters. The maximum Gasteiger partial charge on any atom is 0.168 e. The van der Waals surface area contributed by atoms with E-state index >= 15 is 0 Å². The number of furan rings is 2. The predicted octanol–water partition coefficient (Wildman–Crippen LogP) is 3.47. The van der Waals surface area contributed by atoms with Crippen LogP contribution in [0.3, 0.4) is 0 Å². The molecule has 0 aliphatic rings. The summed E-state index contributed by atoms with van der Waals surface area (Å²) < 4.78 is 11.7. The smallest absolute Gasteiger partial charge is 0.168 e. The Hall–Kier alpha value is -1.59. The quantitative estimate of drug-likeness (QED) is 0.752. The second-order valence-corrected chi connectivity index (χ2v) is 4.77. The molecule has 4 nitrogen and oxygen atoms in total. The van der Waals surface area contributed by atoms with E-state index in [-0.39, 0.29) is 12.2 Å². The highest BCUT2D eigenvalue weighted by Crippen LogP contribution is 2.38. The van der Waals surface area contributed by atoms with E-state index in [0.717, 1.165) is 15.2 Å². The molecule has 0 amide bonds. The van der Waals surface area contributed by atoms with Gasteiger partial charge in [0.05, 0.1) is 22.6 Å². The molecule has 0 aliphatic heterocycles. The SMILES string of the molecule is NCCC(=O)c1c2ccoc2c(Br)c2ccoc12. The monoisotopic (exact) mass is 307 g/mol. The van der Waals surface area contributed by atoms with Gasteiger partial charge in [-0.2, -0.15) is 0 Å². The minimum Gasteiger partial charge on any atom is -0.464 e. The lowest BCUT2D eigenvalue weighted by atomic mass is 10.0. The van der Waals surface area contributed by atoms with E-state index < -0.39 is 0 Å². The number of nitrogens with two attached hydrogens (primary N) is 1. The molecule has 5 heteroatoms. The lowest BCUT2D eigenvalue weighted by Crippen LogP contribution is -2.08. The van der Waals surface area contributed by atoms with Gasteiger partial charge < -0.3 is 14.6 Å². The minimum absolute atomic E-state index is 0.0312. The number of carbonyl (C=O) groups excluding carboxylic acids is 1. The minimum atomic E-state index is -0.0312. The highest BCUT2D eigenvalue weighted by atomic mass is 79.9. The average Bonchev–Trinajstić information content (AvgIpc) is 2.97. The van der Waals surface area contributed by atoms with E-state index in [1.807, 2.05) is 0 Å². The van der Waals surface area contributed by atoms with Crippen molar-refractivity contribution < 1.29 is 13.6 Å². The Kier molecular flexibility index (Phi) is 2.72. The zero-order valence-corrected chi connectivity index (χ0v) is 11.0. The molecular weight excluding hydrogens is 298 g/mol. The standard InChI is InChI=1S/C13H10BrNO3/c14-11-8-3-6-17-12(8)10(9(16)1-4-15)7-2-5-18-13(7)11/h2-3,5-6H,1,4,15H2. The average molecular weight is 308 g/mol. The fourth-order valence-electron chi connectivity index (χ4n) is 2.13. The van der Waals surface area contributed by atoms with Gasteiger partial charge in [0.1, 0.15) is 11.2 Å². The third kappa shape index (κ3) is 1.51. The van der Waals surface area contributed by atoms with Gasteiger partial charge in [-0.05, 0) is 34.6 Å². The topological polar surface area (TPSA) is 69.4 Å². The molecular formula is C13H10BrNO3. The number of halogens is 1. The van der Waals surface area contributed by atoms with Crippen molar-refractivity contribution in [3.8, 4) is 0 Å². The molecule has 0 radical (unpaired) electrons. The lowest BCUT2D eigenvalue weighted by Gasteiger charge is -2.04. The van der Waals surface area contributed by atoms with Crippen molar-refractivity contribution in [3.63, 3.8) is 0 Å². The van der Waals surface area contributed by atoms with Crippen LogP contribution in [0.15, 0.2) is 38.0 Å². The number of hydrogen-bond acceptors (Lipinski definition) is 4. The maximum absolute atomic E-state index is 12.2. The van der Waals surface area contributed by atoms with Crippen LogP contribution in [0.1, 0.15) is 16.8 Å². The molecule has 3 rings (SSSR count). The molecule has 2 aromatic heterocycles. The molecule has 0 unspecified atom stereocenters. The van der Waals surface area contributed by atoms with E-state index in [1.54, 1.807) is 24.7 Å². The molecule has 2 N–H and O–H groups in total. The van der Waals surface area contributed by atoms with Crippen LogP contribution in [0.25, 0.3) is 21.9 Å². The van der Waals surface area contributed by atoms with Gasteiger partial charge in [-0.15, -0.1) is 0 Å². The van der Waals surface area contributed by atoms with Crippen LogP contribution in [-0.4, -0.2) is 12.3 Å². The van der Waals surface area contributed by atoms with E-state index in [4.69, 9.17) is 14.6 Å². The van der Waals surface area contributed by atoms with Gasteiger partial charge in [0.2, 0.25) is 0 Å². The van der Waals surface area contributed by atoms with Crippen LogP contribution < -0.4 is 5.73 Å². The molecule has 0 spiro atoms. The van der Waals surface area contributed by atoms with Gasteiger partial charge in [-0.25, -0.2) is 0 Å². The Morgan fingerprint density at radius 3 is 2.56 bits per heavy atom. The molecule has 0 aliphatic carbocycles. The number of carbonyl (C=O) groups is 1. The summed E-state index contributed by atoms with van der Waals surface area (Å²) in [6.07, 6.45) is 3.42. The van der Waals surface area contributed by atoms with Gasteiger partial charge in [0, 0.05) is 17.2 Å². The Morgan fingerprint density at radius 2 is 1.83 bits per heavy atom. The van der Waals surface area contributed by atoms with Crippen molar-refractivity contribution in [3.05, 3.63) is 34.7 Å². The van der Waals surface area contributed by atoms with Gasteiger partial charge in [-0.3, -0.25) is 4.79 Å². The summed E-state index contributed by atoms with van der Waals surface area (Å²) in [5.41, 5.74) is 7.23. The van der Waals surface area contributed by atoms with Crippen molar-refractivity contribution in [1.82, 2.24) is 0 Å². The predicted molar refractivity (Wildman–Crippen MR) is 71.7 cm³/mol. The maximum atomic E-state index is 12.2. The number of Topliss-reactive ketones (excluding diaryl/α,β-unsaturated/α-hetero) is 1. The van der Waals surface area contributed by atoms with Gasteiger partial charge in [-0.1, -0.05) is 0 Å². The first-order chi connectivity index (χ1) is 8.74. The van der Waals surface area contributed by atoms with Crippen LogP contribution >= 0.6 is 15.9 Å². The van der Waals surface area contributed by atoms with Crippen LogP contribution in [0.4, 0.5) is 0 Å². The first-order valence-corrected chi connectivity index (χ1v) is 6.32. The van der Waals surface area contributed by atoms with Crippen molar-refractivity contribution in [2.24, 2.45) is 5.73 Å². The van der Waals surface area contributed by atoms with E-state index in [2.05, 4.69) is 15.9 Å². The summed E-state index contributed by atoms with van der Waals surface area (Å²) >= 11 is 3.47. The van der Waals surface area contributed by atoms with E-state index in [1.165, 1.54) is 0 Å². The molecule has 1 aromatic carbocycles. The molecule has 92 valence electrons. The largest absolute Gasteiger partial charge is 0.464 e. The summed E-state index contributed by atoms with van der Waals surface area (Å²) in [7, 11) is 0. The Labute approximate surface area is 111 Å². The summed E-state index contributed by atoms with van der Waals surface area (Å²) in [6.45, 7) is 0.316. The Bertz CT molecular complexity index is 689. The van der Waals surface area contributed by atoms with E-state index in [9.17, 15) is 4.79 Å². The van der Waals surface area contributed by atoms with Crippen molar-refractivity contribution in [1.29, 1.82) is 0 Å². The fraction of sp³-hybridized carbons (Fsp3) is 0.154. The highest BCUT2D eigenvalue weighted by molar-refractivity contribution is 9.10. The zero-order valence-electron chi connectivity index (χ0n) is 9.40. The number of benzene rings is 1. The molecule has 0 fully saturated rings. The number of ketones is 1. The zero-order chi connectivity index (χ0) is 12.7. The summed E-state index contributed by atoms with van der Waals surface area (Å²) in [5, 5.41) is 1.58. The van der Waals surface area contributed by atoms with Crippen LogP contribution in [0.5, 0.6) is 0 Å². The first kappa shape index (κ1) is 11.5. The summed E-state index contributed by atoms with van der Waals surface area (Å²) in [6, 6.07) is 3.58. The molecule has 2 heterocycles. The summed E-state index contributed by atoms with van der Waals surface area (Å²) in [5.74, 6) is -0.0312. The van der Waals surface area contributed by atoms with Crippen LogP contribution in [0, 0.1) is 0 Å². The molecule has 18 heavy (non-hydrogen) atoms. The van der Waals surface area contributed by atoms with Gasteiger partial charge in [0.15, 0.2) is 5.78 Å². The summed E-state index contributed by atoms with van der Waals surface area (Å²) in [4.78, 5) is 12.2. The lowest BCUT2D eigenvalue weighted by molar-refractivity contribution is 0.0987. The number of hydrogen-bond donors (Lipinski definition) is 1. The second kappa shape index (κ2) is 4.26. The first-order valence-electron chi connectivity index (χ1n) is 5.53. The normalized spacial score (nSPS) is 11.4. The van der Waals surface area contributed by atoms with Crippen molar-refractivity contribution >= 4 is 43.7 Å². The second-order valence-electron chi connectivity index (χ2n) is 3.98. The molecule has 3 aromatic rings. The number of rotatable bonds is 3. The van der Waals surface area contributed by atoms with Crippen molar-refractivity contribution in [2.75, 3.05) is 6.54 Å².